The van der Waals surface area contributed by atoms with Crippen LogP contribution in [0.2, 0.25) is 0 Å². The van der Waals surface area contributed by atoms with Crippen molar-refractivity contribution < 1.29 is 9.90 Å². The van der Waals surface area contributed by atoms with Gasteiger partial charge in [0, 0.05) is 12.6 Å². The third-order valence-corrected chi connectivity index (χ3v) is 5.30. The maximum atomic E-state index is 11.5. The SMILES string of the molecule is CCNC(C)(CCN1CCCC2CCCCC21)C(=O)O. The number of nitrogens with zero attached hydrogens (tertiary/aromatic N) is 1. The highest BCUT2D eigenvalue weighted by Crippen LogP contribution is 2.35. The highest BCUT2D eigenvalue weighted by molar-refractivity contribution is 5.78. The molecule has 1 aliphatic heterocycles. The van der Waals surface area contributed by atoms with Crippen molar-refractivity contribution in [3.8, 4) is 0 Å². The van der Waals surface area contributed by atoms with Gasteiger partial charge >= 0.3 is 5.97 Å². The molecule has 0 amide bonds. The molecule has 3 atom stereocenters. The summed E-state index contributed by atoms with van der Waals surface area (Å²) in [4.78, 5) is 14.1. The average Bonchev–Trinajstić information content (AvgIpc) is 2.45. The maximum absolute atomic E-state index is 11.5. The van der Waals surface area contributed by atoms with Crippen LogP contribution in [0.1, 0.15) is 58.8 Å². The molecule has 0 bridgehead atoms. The summed E-state index contributed by atoms with van der Waals surface area (Å²) in [5, 5.41) is 12.6. The van der Waals surface area contributed by atoms with Gasteiger partial charge in [0.15, 0.2) is 0 Å². The summed E-state index contributed by atoms with van der Waals surface area (Å²) in [7, 11) is 0. The highest BCUT2D eigenvalue weighted by Gasteiger charge is 2.36. The normalized spacial score (nSPS) is 30.5. The molecule has 1 heterocycles. The van der Waals surface area contributed by atoms with Gasteiger partial charge in [0.25, 0.3) is 0 Å². The van der Waals surface area contributed by atoms with Crippen LogP contribution in [-0.4, -0.2) is 47.2 Å². The summed E-state index contributed by atoms with van der Waals surface area (Å²) in [6, 6.07) is 0.720. The minimum atomic E-state index is -0.781. The Morgan fingerprint density at radius 3 is 2.70 bits per heavy atom. The lowest BCUT2D eigenvalue weighted by molar-refractivity contribution is -0.144. The highest BCUT2D eigenvalue weighted by atomic mass is 16.4. The Morgan fingerprint density at radius 1 is 1.30 bits per heavy atom. The molecule has 2 aliphatic rings. The van der Waals surface area contributed by atoms with E-state index >= 15 is 0 Å². The van der Waals surface area contributed by atoms with Crippen LogP contribution in [0.5, 0.6) is 0 Å². The lowest BCUT2D eigenvalue weighted by atomic mass is 9.78. The van der Waals surface area contributed by atoms with Gasteiger partial charge in [-0.3, -0.25) is 4.79 Å². The Labute approximate surface area is 122 Å². The van der Waals surface area contributed by atoms with Gasteiger partial charge in [-0.1, -0.05) is 19.8 Å². The Hall–Kier alpha value is -0.610. The second kappa shape index (κ2) is 6.90. The largest absolute Gasteiger partial charge is 0.480 e. The first kappa shape index (κ1) is 15.8. The molecule has 3 unspecified atom stereocenters. The van der Waals surface area contributed by atoms with E-state index < -0.39 is 11.5 Å². The average molecular weight is 282 g/mol. The van der Waals surface area contributed by atoms with Gasteiger partial charge in [-0.25, -0.2) is 0 Å². The van der Waals surface area contributed by atoms with E-state index in [1.807, 2.05) is 13.8 Å². The second-order valence-electron chi connectivity index (χ2n) is 6.71. The van der Waals surface area contributed by atoms with Crippen LogP contribution >= 0.6 is 0 Å². The maximum Gasteiger partial charge on any atom is 0.323 e. The first-order valence-electron chi connectivity index (χ1n) is 8.29. The molecule has 4 nitrogen and oxygen atoms in total. The lowest BCUT2D eigenvalue weighted by Gasteiger charge is -2.45. The number of likely N-dealkylation sites (tertiary alicyclic amines) is 1. The van der Waals surface area contributed by atoms with Crippen molar-refractivity contribution in [2.75, 3.05) is 19.6 Å². The fourth-order valence-corrected chi connectivity index (χ4v) is 4.03. The smallest absolute Gasteiger partial charge is 0.323 e. The third-order valence-electron chi connectivity index (χ3n) is 5.30. The van der Waals surface area contributed by atoms with E-state index in [9.17, 15) is 9.90 Å². The van der Waals surface area contributed by atoms with Crippen LogP contribution in [0, 0.1) is 5.92 Å². The Bertz CT molecular complexity index is 332. The van der Waals surface area contributed by atoms with Crippen molar-refractivity contribution in [3.63, 3.8) is 0 Å². The first-order chi connectivity index (χ1) is 9.57. The molecule has 0 radical (unpaired) electrons. The topological polar surface area (TPSA) is 52.6 Å². The number of carboxylic acids is 1. The van der Waals surface area contributed by atoms with E-state index in [1.165, 1.54) is 38.5 Å². The van der Waals surface area contributed by atoms with Crippen LogP contribution in [0.25, 0.3) is 0 Å². The summed E-state index contributed by atoms with van der Waals surface area (Å²) < 4.78 is 0. The molecule has 2 fully saturated rings. The molecule has 1 saturated heterocycles. The van der Waals surface area contributed by atoms with Crippen molar-refractivity contribution in [2.24, 2.45) is 5.92 Å². The van der Waals surface area contributed by atoms with Crippen LogP contribution in [0.3, 0.4) is 0 Å². The molecule has 2 N–H and O–H groups in total. The second-order valence-corrected chi connectivity index (χ2v) is 6.71. The Kier molecular flexibility index (Phi) is 5.44. The van der Waals surface area contributed by atoms with E-state index in [-0.39, 0.29) is 0 Å². The summed E-state index contributed by atoms with van der Waals surface area (Å²) in [6.45, 7) is 6.56. The van der Waals surface area contributed by atoms with Gasteiger partial charge in [-0.15, -0.1) is 0 Å². The van der Waals surface area contributed by atoms with Crippen molar-refractivity contribution in [1.29, 1.82) is 0 Å². The molecule has 20 heavy (non-hydrogen) atoms. The van der Waals surface area contributed by atoms with Crippen molar-refractivity contribution >= 4 is 5.97 Å². The molecule has 116 valence electrons. The number of carbonyl (C=O) groups is 1. The molecule has 0 spiro atoms. The van der Waals surface area contributed by atoms with Gasteiger partial charge in [0.2, 0.25) is 0 Å². The molecule has 0 aromatic heterocycles. The number of piperidine rings is 1. The van der Waals surface area contributed by atoms with Gasteiger partial charge in [0.05, 0.1) is 0 Å². The summed E-state index contributed by atoms with van der Waals surface area (Å²) >= 11 is 0. The number of carboxylic acid groups (broad SMARTS) is 1. The standard InChI is InChI=1S/C16H30N2O2/c1-3-17-16(2,15(19)20)10-12-18-11-6-8-13-7-4-5-9-14(13)18/h13-14,17H,3-12H2,1-2H3,(H,19,20). The number of aliphatic carboxylic acids is 1. The van der Waals surface area contributed by atoms with E-state index in [4.69, 9.17) is 0 Å². The van der Waals surface area contributed by atoms with E-state index in [0.29, 0.717) is 13.0 Å². The fourth-order valence-electron chi connectivity index (χ4n) is 4.03. The molecule has 0 aromatic carbocycles. The van der Waals surface area contributed by atoms with Crippen molar-refractivity contribution in [1.82, 2.24) is 10.2 Å². The monoisotopic (exact) mass is 282 g/mol. The molecule has 0 aromatic rings. The van der Waals surface area contributed by atoms with E-state index in [2.05, 4.69) is 10.2 Å². The minimum absolute atomic E-state index is 0.694. The van der Waals surface area contributed by atoms with E-state index in [1.54, 1.807) is 0 Å². The Morgan fingerprint density at radius 2 is 2.00 bits per heavy atom. The zero-order chi connectivity index (χ0) is 14.6. The number of nitrogens with one attached hydrogen (secondary N) is 1. The molecule has 4 heteroatoms. The van der Waals surface area contributed by atoms with Gasteiger partial charge in [-0.2, -0.15) is 0 Å². The van der Waals surface area contributed by atoms with Crippen LogP contribution < -0.4 is 5.32 Å². The number of hydrogen-bond acceptors (Lipinski definition) is 3. The van der Waals surface area contributed by atoms with Gasteiger partial charge < -0.3 is 15.3 Å². The van der Waals surface area contributed by atoms with Gasteiger partial charge in [0.1, 0.15) is 5.54 Å². The number of hydrogen-bond donors (Lipinski definition) is 2. The first-order valence-corrected chi connectivity index (χ1v) is 8.29. The summed E-state index contributed by atoms with van der Waals surface area (Å²) in [5.74, 6) is 0.143. The minimum Gasteiger partial charge on any atom is -0.480 e. The van der Waals surface area contributed by atoms with Gasteiger partial charge in [-0.05, 0) is 58.0 Å². The van der Waals surface area contributed by atoms with Crippen LogP contribution in [0.15, 0.2) is 0 Å². The molecule has 2 rings (SSSR count). The zero-order valence-electron chi connectivity index (χ0n) is 13.0. The van der Waals surface area contributed by atoms with E-state index in [0.717, 1.165) is 25.0 Å². The predicted octanol–water partition coefficient (Wildman–Crippen LogP) is 2.48. The fraction of sp³-hybridized carbons (Fsp3) is 0.938. The number of rotatable bonds is 6. The predicted molar refractivity (Wildman–Crippen MR) is 80.9 cm³/mol. The van der Waals surface area contributed by atoms with Crippen LogP contribution in [0.4, 0.5) is 0 Å². The molecular weight excluding hydrogens is 252 g/mol. The van der Waals surface area contributed by atoms with Crippen molar-refractivity contribution in [2.45, 2.75) is 70.4 Å². The zero-order valence-corrected chi connectivity index (χ0v) is 13.0. The quantitative estimate of drug-likeness (QED) is 0.786. The number of fused-ring (bicyclic) bond motifs is 1. The summed E-state index contributed by atoms with van der Waals surface area (Å²) in [5.41, 5.74) is -0.781. The Balaban J connectivity index is 1.92. The van der Waals surface area contributed by atoms with Crippen LogP contribution in [-0.2, 0) is 4.79 Å². The lowest BCUT2D eigenvalue weighted by Crippen LogP contribution is -2.53. The third kappa shape index (κ3) is 3.53. The molecule has 1 aliphatic carbocycles. The van der Waals surface area contributed by atoms with Crippen molar-refractivity contribution in [3.05, 3.63) is 0 Å². The molecule has 1 saturated carbocycles. The molecular formula is C16H30N2O2. The number of likely N-dealkylation sites (N-methyl/N-ethyl adjacent to an activating group) is 1. The summed E-state index contributed by atoms with van der Waals surface area (Å²) in [6.07, 6.45) is 8.79.